The molecular weight excluding hydrogens is 371 g/mol. The Morgan fingerprint density at radius 1 is 1.24 bits per heavy atom. The van der Waals surface area contributed by atoms with Crippen molar-refractivity contribution in [3.63, 3.8) is 0 Å². The highest BCUT2D eigenvalue weighted by atomic mass is 79.9. The Balaban J connectivity index is 2.34. The average Bonchev–Trinajstić information content (AvgIpc) is 2.27. The molecule has 2 N–H and O–H groups in total. The molecule has 2 aromatic rings. The van der Waals surface area contributed by atoms with E-state index in [2.05, 4.69) is 36.8 Å². The molecule has 1 aromatic heterocycles. The second kappa shape index (κ2) is 5.25. The highest BCUT2D eigenvalue weighted by Gasteiger charge is 2.08. The molecule has 0 amide bonds. The van der Waals surface area contributed by atoms with Gasteiger partial charge in [0.15, 0.2) is 5.75 Å². The first-order chi connectivity index (χ1) is 8.06. The van der Waals surface area contributed by atoms with E-state index in [-0.39, 0.29) is 0 Å². The number of benzene rings is 1. The molecule has 0 saturated heterocycles. The molecule has 88 valence electrons. The first-order valence-electron chi connectivity index (χ1n) is 4.60. The number of hydrogen-bond donors (Lipinski definition) is 1. The number of hydrogen-bond acceptors (Lipinski definition) is 3. The quantitative estimate of drug-likeness (QED) is 0.775. The number of ether oxygens (including phenoxy) is 1. The Morgan fingerprint density at radius 3 is 2.71 bits per heavy atom. The lowest BCUT2D eigenvalue weighted by molar-refractivity contribution is 0.461. The van der Waals surface area contributed by atoms with E-state index < -0.39 is 0 Å². The Hall–Kier alpha value is -0.780. The van der Waals surface area contributed by atoms with Gasteiger partial charge in [-0.1, -0.05) is 11.6 Å². The van der Waals surface area contributed by atoms with Crippen molar-refractivity contribution in [3.05, 3.63) is 44.4 Å². The fourth-order valence-corrected chi connectivity index (χ4v) is 2.41. The van der Waals surface area contributed by atoms with Crippen LogP contribution in [0.2, 0.25) is 5.02 Å². The summed E-state index contributed by atoms with van der Waals surface area (Å²) in [5, 5.41) is 0.558. The first kappa shape index (κ1) is 12.7. The summed E-state index contributed by atoms with van der Waals surface area (Å²) in [4.78, 5) is 4.13. The predicted molar refractivity (Wildman–Crippen MR) is 75.6 cm³/mol. The maximum atomic E-state index is 5.87. The van der Waals surface area contributed by atoms with Gasteiger partial charge in [-0.2, -0.15) is 0 Å². The van der Waals surface area contributed by atoms with Crippen molar-refractivity contribution in [2.75, 3.05) is 5.73 Å². The van der Waals surface area contributed by atoms with Crippen molar-refractivity contribution in [1.29, 1.82) is 0 Å². The van der Waals surface area contributed by atoms with E-state index in [9.17, 15) is 0 Å². The minimum Gasteiger partial charge on any atom is -0.436 e. The van der Waals surface area contributed by atoms with Crippen LogP contribution >= 0.6 is 43.5 Å². The van der Waals surface area contributed by atoms with Gasteiger partial charge in [0, 0.05) is 21.8 Å². The summed E-state index contributed by atoms with van der Waals surface area (Å²) in [6.45, 7) is 0. The van der Waals surface area contributed by atoms with Crippen LogP contribution in [0.15, 0.2) is 39.4 Å². The van der Waals surface area contributed by atoms with Gasteiger partial charge in [0.2, 0.25) is 5.88 Å². The van der Waals surface area contributed by atoms with Gasteiger partial charge < -0.3 is 10.5 Å². The summed E-state index contributed by atoms with van der Waals surface area (Å²) in [6, 6.07) is 6.87. The Bertz CT molecular complexity index is 563. The van der Waals surface area contributed by atoms with E-state index in [1.807, 2.05) is 6.07 Å². The molecule has 0 spiro atoms. The monoisotopic (exact) mass is 376 g/mol. The summed E-state index contributed by atoms with van der Waals surface area (Å²) >= 11 is 12.5. The Kier molecular flexibility index (Phi) is 3.91. The zero-order valence-electron chi connectivity index (χ0n) is 8.45. The molecule has 3 nitrogen and oxygen atoms in total. The molecule has 0 fully saturated rings. The molecule has 1 aromatic carbocycles. The van der Waals surface area contributed by atoms with Gasteiger partial charge in [0.05, 0.1) is 10.2 Å². The van der Waals surface area contributed by atoms with Crippen LogP contribution in [0.25, 0.3) is 0 Å². The molecule has 1 heterocycles. The molecule has 0 aliphatic heterocycles. The topological polar surface area (TPSA) is 48.1 Å². The summed E-state index contributed by atoms with van der Waals surface area (Å²) < 4.78 is 7.17. The van der Waals surface area contributed by atoms with E-state index in [1.165, 1.54) is 0 Å². The molecule has 0 atom stereocenters. The van der Waals surface area contributed by atoms with E-state index in [1.54, 1.807) is 24.4 Å². The fraction of sp³-hybridized carbons (Fsp3) is 0. The summed E-state index contributed by atoms with van der Waals surface area (Å²) in [5.74, 6) is 0.912. The van der Waals surface area contributed by atoms with E-state index in [4.69, 9.17) is 22.1 Å². The van der Waals surface area contributed by atoms with E-state index >= 15 is 0 Å². The standard InChI is InChI=1S/C11H7Br2ClN2O/c12-6-3-8(13)11(16-5-6)17-10-4-7(14)1-2-9(10)15/h1-5H,15H2. The fourth-order valence-electron chi connectivity index (χ4n) is 1.18. The highest BCUT2D eigenvalue weighted by Crippen LogP contribution is 2.33. The number of pyridine rings is 1. The molecule has 0 radical (unpaired) electrons. The summed E-state index contributed by atoms with van der Waals surface area (Å²) in [7, 11) is 0. The molecule has 0 aliphatic carbocycles. The molecular formula is C11H7Br2ClN2O. The SMILES string of the molecule is Nc1ccc(Cl)cc1Oc1ncc(Br)cc1Br. The Morgan fingerprint density at radius 2 is 2.00 bits per heavy atom. The zero-order valence-corrected chi connectivity index (χ0v) is 12.4. The molecule has 0 aliphatic rings. The molecule has 6 heteroatoms. The van der Waals surface area contributed by atoms with Crippen LogP contribution in [0, 0.1) is 0 Å². The normalized spacial score (nSPS) is 10.3. The van der Waals surface area contributed by atoms with Crippen molar-refractivity contribution < 1.29 is 4.74 Å². The van der Waals surface area contributed by atoms with Crippen LogP contribution in [0.1, 0.15) is 0 Å². The third-order valence-corrected chi connectivity index (χ3v) is 3.19. The van der Waals surface area contributed by atoms with Crippen LogP contribution in [0.4, 0.5) is 5.69 Å². The molecule has 0 unspecified atom stereocenters. The van der Waals surface area contributed by atoms with Crippen molar-refractivity contribution in [2.24, 2.45) is 0 Å². The van der Waals surface area contributed by atoms with Crippen molar-refractivity contribution in [2.45, 2.75) is 0 Å². The van der Waals surface area contributed by atoms with Gasteiger partial charge >= 0.3 is 0 Å². The number of anilines is 1. The van der Waals surface area contributed by atoms with Crippen LogP contribution in [0.5, 0.6) is 11.6 Å². The van der Waals surface area contributed by atoms with Crippen LogP contribution in [-0.2, 0) is 0 Å². The first-order valence-corrected chi connectivity index (χ1v) is 6.56. The number of nitrogen functional groups attached to an aromatic ring is 1. The maximum Gasteiger partial charge on any atom is 0.233 e. The highest BCUT2D eigenvalue weighted by molar-refractivity contribution is 9.11. The average molecular weight is 378 g/mol. The Labute approximate surface area is 120 Å². The number of nitrogens with zero attached hydrogens (tertiary/aromatic N) is 1. The lowest BCUT2D eigenvalue weighted by Gasteiger charge is -2.09. The molecule has 17 heavy (non-hydrogen) atoms. The maximum absolute atomic E-state index is 5.87. The second-order valence-corrected chi connectivity index (χ2v) is 5.43. The largest absolute Gasteiger partial charge is 0.436 e. The minimum absolute atomic E-state index is 0.433. The van der Waals surface area contributed by atoms with E-state index in [0.717, 1.165) is 8.95 Å². The minimum atomic E-state index is 0.433. The van der Waals surface area contributed by atoms with Gasteiger partial charge in [-0.15, -0.1) is 0 Å². The predicted octanol–water partition coefficient (Wildman–Crippen LogP) is 4.63. The van der Waals surface area contributed by atoms with Gasteiger partial charge in [0.1, 0.15) is 0 Å². The smallest absolute Gasteiger partial charge is 0.233 e. The van der Waals surface area contributed by atoms with Crippen LogP contribution in [0.3, 0.4) is 0 Å². The van der Waals surface area contributed by atoms with Crippen LogP contribution in [-0.4, -0.2) is 4.98 Å². The number of halogens is 3. The third kappa shape index (κ3) is 3.12. The van der Waals surface area contributed by atoms with Gasteiger partial charge in [-0.25, -0.2) is 4.98 Å². The second-order valence-electron chi connectivity index (χ2n) is 3.22. The zero-order chi connectivity index (χ0) is 12.4. The summed E-state index contributed by atoms with van der Waals surface area (Å²) in [5.41, 5.74) is 6.29. The number of rotatable bonds is 2. The van der Waals surface area contributed by atoms with Gasteiger partial charge in [-0.05, 0) is 50.1 Å². The van der Waals surface area contributed by atoms with E-state index in [0.29, 0.717) is 22.3 Å². The lowest BCUT2D eigenvalue weighted by atomic mass is 10.3. The van der Waals surface area contributed by atoms with Gasteiger partial charge in [-0.3, -0.25) is 0 Å². The van der Waals surface area contributed by atoms with Crippen molar-refractivity contribution in [3.8, 4) is 11.6 Å². The van der Waals surface area contributed by atoms with Crippen molar-refractivity contribution in [1.82, 2.24) is 4.98 Å². The molecule has 0 bridgehead atoms. The molecule has 0 saturated carbocycles. The number of aromatic nitrogens is 1. The number of nitrogens with two attached hydrogens (primary N) is 1. The van der Waals surface area contributed by atoms with Gasteiger partial charge in [0.25, 0.3) is 0 Å². The van der Waals surface area contributed by atoms with Crippen molar-refractivity contribution >= 4 is 49.1 Å². The third-order valence-electron chi connectivity index (χ3n) is 1.96. The lowest BCUT2D eigenvalue weighted by Crippen LogP contribution is -1.94. The van der Waals surface area contributed by atoms with Crippen LogP contribution < -0.4 is 10.5 Å². The summed E-state index contributed by atoms with van der Waals surface area (Å²) in [6.07, 6.45) is 1.64. The molecule has 2 rings (SSSR count).